The molecule has 3 N–H and O–H groups in total. The molecule has 1 saturated heterocycles. The molecule has 1 aliphatic carbocycles. The van der Waals surface area contributed by atoms with Crippen molar-refractivity contribution in [3.63, 3.8) is 0 Å². The van der Waals surface area contributed by atoms with E-state index in [1.807, 2.05) is 0 Å². The molecule has 1 amide bonds. The van der Waals surface area contributed by atoms with Crippen LogP contribution in [0.3, 0.4) is 0 Å². The summed E-state index contributed by atoms with van der Waals surface area (Å²) in [6.45, 7) is 16.2. The van der Waals surface area contributed by atoms with Gasteiger partial charge in [0.05, 0.1) is 64.1 Å². The number of allylic oxidation sites excluding steroid dienone is 4. The first-order chi connectivity index (χ1) is 31.5. The molecule has 5 aliphatic rings. The number of methoxy groups -OCH3 is 1. The van der Waals surface area contributed by atoms with Gasteiger partial charge in [-0.15, -0.1) is 0 Å². The summed E-state index contributed by atoms with van der Waals surface area (Å²) in [6, 6.07) is 6.06. The van der Waals surface area contributed by atoms with Crippen LogP contribution in [0.5, 0.6) is 11.5 Å². The molecule has 11 atom stereocenters. The summed E-state index contributed by atoms with van der Waals surface area (Å²) in [4.78, 5) is 87.7. The van der Waals surface area contributed by atoms with Gasteiger partial charge in [0.1, 0.15) is 29.0 Å². The number of carbonyl (C=O) groups is 6. The summed E-state index contributed by atoms with van der Waals surface area (Å²) in [5.74, 6) is -10.5. The van der Waals surface area contributed by atoms with E-state index in [-0.39, 0.29) is 51.8 Å². The van der Waals surface area contributed by atoms with Crippen molar-refractivity contribution in [2.24, 2.45) is 23.7 Å². The van der Waals surface area contributed by atoms with Gasteiger partial charge in [-0.05, 0) is 45.9 Å². The summed E-state index contributed by atoms with van der Waals surface area (Å²) < 4.78 is 35.9. The quantitative estimate of drug-likeness (QED) is 0.224. The maximum atomic E-state index is 15.4. The van der Waals surface area contributed by atoms with Crippen LogP contribution in [0.15, 0.2) is 71.8 Å². The van der Waals surface area contributed by atoms with Crippen LogP contribution in [0.1, 0.15) is 109 Å². The number of hydrogen-bond acceptors (Lipinski definition) is 15. The summed E-state index contributed by atoms with van der Waals surface area (Å²) in [7, 11) is 1.42. The highest BCUT2D eigenvalue weighted by atomic mass is 35.5. The SMILES string of the molecule is CO[C@H]1/C=C/O[C@@]2(C)Oc3c(C)c(OC(=O)c4ccccc4Cl)c4c(c3C2=O)C(=O)C(N2C[C@H](C)O[C@@H](C)C2)=C(NC(=O)/C(C)=C\C=C\[C@H](C)[C@H](O)[C@@H](C)[C@H](O)[C@H](C)[C@H](OC(C)=O)[C@@H]1C)C4=O. The van der Waals surface area contributed by atoms with Crippen molar-refractivity contribution in [1.82, 2.24) is 10.2 Å². The smallest absolute Gasteiger partial charge is 0.345 e. The van der Waals surface area contributed by atoms with Crippen LogP contribution in [-0.2, 0) is 28.5 Å². The summed E-state index contributed by atoms with van der Waals surface area (Å²) in [5.41, 5.74) is -1.84. The van der Waals surface area contributed by atoms with Gasteiger partial charge in [-0.3, -0.25) is 24.0 Å². The Labute approximate surface area is 394 Å². The number of fused-ring (bicyclic) bond motifs is 14. The van der Waals surface area contributed by atoms with Gasteiger partial charge >= 0.3 is 17.7 Å². The summed E-state index contributed by atoms with van der Waals surface area (Å²) in [5, 5.41) is 25.8. The number of esters is 2. The van der Waals surface area contributed by atoms with Gasteiger partial charge in [0.2, 0.25) is 11.6 Å². The number of aliphatic hydroxyl groups is 2. The van der Waals surface area contributed by atoms with Crippen LogP contribution in [-0.4, -0.2) is 113 Å². The van der Waals surface area contributed by atoms with Crippen molar-refractivity contribution in [1.29, 1.82) is 0 Å². The van der Waals surface area contributed by atoms with Gasteiger partial charge in [0, 0.05) is 68.9 Å². The van der Waals surface area contributed by atoms with Crippen LogP contribution in [0.25, 0.3) is 0 Å². The Kier molecular flexibility index (Phi) is 15.4. The number of amides is 1. The number of ketones is 3. The summed E-state index contributed by atoms with van der Waals surface area (Å²) >= 11 is 6.40. The highest BCUT2D eigenvalue weighted by Gasteiger charge is 2.54. The largest absolute Gasteiger partial charge is 0.462 e. The molecular formula is C50H59ClN2O14. The molecule has 4 aliphatic heterocycles. The molecule has 2 aromatic rings. The third kappa shape index (κ3) is 10.00. The van der Waals surface area contributed by atoms with Crippen molar-refractivity contribution in [2.45, 2.75) is 112 Å². The molecule has 4 heterocycles. The Balaban J connectivity index is 1.58. The van der Waals surface area contributed by atoms with Crippen LogP contribution in [0, 0.1) is 30.6 Å². The van der Waals surface area contributed by atoms with E-state index in [0.29, 0.717) is 0 Å². The normalized spacial score (nSPS) is 32.4. The molecule has 7 rings (SSSR count). The molecule has 17 heteroatoms. The predicted molar refractivity (Wildman–Crippen MR) is 245 cm³/mol. The van der Waals surface area contributed by atoms with Crippen molar-refractivity contribution < 1.29 is 67.4 Å². The Morgan fingerprint density at radius 3 is 2.16 bits per heavy atom. The lowest BCUT2D eigenvalue weighted by Crippen LogP contribution is -2.49. The van der Waals surface area contributed by atoms with Crippen LogP contribution < -0.4 is 14.8 Å². The van der Waals surface area contributed by atoms with Gasteiger partial charge in [-0.1, -0.05) is 69.7 Å². The molecule has 0 radical (unpaired) electrons. The van der Waals surface area contributed by atoms with Crippen LogP contribution in [0.2, 0.25) is 5.02 Å². The number of hydrogen-bond donors (Lipinski definition) is 3. The maximum absolute atomic E-state index is 15.4. The number of ether oxygens (including phenoxy) is 6. The van der Waals surface area contributed by atoms with Crippen molar-refractivity contribution in [3.8, 4) is 11.5 Å². The van der Waals surface area contributed by atoms with E-state index in [1.54, 1.807) is 70.7 Å². The number of Topliss-reactive ketones (excluding diaryl/α,β-unsaturated/α-hetero) is 3. The number of aliphatic hydroxyl groups excluding tert-OH is 2. The Morgan fingerprint density at radius 1 is 0.881 bits per heavy atom. The first-order valence-electron chi connectivity index (χ1n) is 22.2. The predicted octanol–water partition coefficient (Wildman–Crippen LogP) is 6.23. The third-order valence-corrected chi connectivity index (χ3v) is 13.3. The zero-order valence-corrected chi connectivity index (χ0v) is 40.3. The average molecular weight is 947 g/mol. The van der Waals surface area contributed by atoms with E-state index < -0.39 is 124 Å². The second kappa shape index (κ2) is 20.3. The lowest BCUT2D eigenvalue weighted by molar-refractivity contribution is -0.160. The maximum Gasteiger partial charge on any atom is 0.345 e. The molecule has 0 aromatic heterocycles. The lowest BCUT2D eigenvalue weighted by Gasteiger charge is -2.39. The molecule has 67 heavy (non-hydrogen) atoms. The fourth-order valence-corrected chi connectivity index (χ4v) is 9.44. The monoisotopic (exact) mass is 946 g/mol. The van der Waals surface area contributed by atoms with Crippen molar-refractivity contribution >= 4 is 46.8 Å². The second-order valence-electron chi connectivity index (χ2n) is 18.0. The average Bonchev–Trinajstić information content (AvgIpc) is 3.54. The number of nitrogens with one attached hydrogen (secondary N) is 1. The standard InChI is InChI=1S/C50H59ClN2O14/c1-23-15-14-16-24(2)48(60)52-38-39(53-21-25(3)64-26(4)22-53)43(58)35-36(42(38)57)45(66-49(61)32-17-12-13-18-33(32)51)30(8)46-37(35)47(59)50(10,67-46)63-20-19-34(62-11)27(5)44(65-31(9)54)29(7)41(56)28(6)40(23)55/h12-20,23,25-29,34,40-41,44,55-56H,21-22H2,1-11H3,(H,52,60)/b15-14+,20-19+,24-16-/t23-,25-,26-,27+,28+,29-,34-,40-,41-,44+,50-/m0/s1. The van der Waals surface area contributed by atoms with E-state index in [9.17, 15) is 29.4 Å². The number of morpholine rings is 1. The Bertz CT molecular complexity index is 2470. The first kappa shape index (κ1) is 50.8. The van der Waals surface area contributed by atoms with Gasteiger partial charge < -0.3 is 48.9 Å². The minimum atomic E-state index is -2.18. The minimum Gasteiger partial charge on any atom is -0.462 e. The zero-order chi connectivity index (χ0) is 49.4. The molecule has 5 bridgehead atoms. The topological polar surface area (TPSA) is 214 Å². The lowest BCUT2D eigenvalue weighted by atomic mass is 9.78. The third-order valence-electron chi connectivity index (χ3n) is 12.9. The summed E-state index contributed by atoms with van der Waals surface area (Å²) in [6.07, 6.45) is 2.36. The molecule has 2 aromatic carbocycles. The minimum absolute atomic E-state index is 0.0138. The number of carbonyl (C=O) groups excluding carboxylic acids is 6. The molecular weight excluding hydrogens is 888 g/mol. The molecule has 1 fully saturated rings. The Morgan fingerprint density at radius 2 is 1.54 bits per heavy atom. The molecule has 0 spiro atoms. The molecule has 360 valence electrons. The van der Waals surface area contributed by atoms with Crippen LogP contribution >= 0.6 is 11.6 Å². The van der Waals surface area contributed by atoms with Crippen molar-refractivity contribution in [3.05, 3.63) is 105 Å². The Hall–Kier alpha value is -5.65. The highest BCUT2D eigenvalue weighted by molar-refractivity contribution is 6.34. The van der Waals surface area contributed by atoms with E-state index in [4.69, 9.17) is 40.0 Å². The number of rotatable bonds is 5. The number of nitrogens with zero attached hydrogens (tertiary/aromatic N) is 1. The molecule has 16 nitrogen and oxygen atoms in total. The highest BCUT2D eigenvalue weighted by Crippen LogP contribution is 2.50. The number of halogens is 1. The van der Waals surface area contributed by atoms with Crippen LogP contribution in [0.4, 0.5) is 0 Å². The van der Waals surface area contributed by atoms with Gasteiger partial charge in [0.25, 0.3) is 11.7 Å². The van der Waals surface area contributed by atoms with Gasteiger partial charge in [-0.2, -0.15) is 0 Å². The van der Waals surface area contributed by atoms with E-state index in [0.717, 1.165) is 6.26 Å². The van der Waals surface area contributed by atoms with Crippen molar-refractivity contribution in [2.75, 3.05) is 20.2 Å². The van der Waals surface area contributed by atoms with E-state index >= 15 is 9.59 Å². The fourth-order valence-electron chi connectivity index (χ4n) is 9.23. The van der Waals surface area contributed by atoms with E-state index in [2.05, 4.69) is 5.32 Å². The van der Waals surface area contributed by atoms with Gasteiger partial charge in [-0.25, -0.2) is 4.79 Å². The number of benzene rings is 2. The fraction of sp³-hybridized carbons (Fsp3) is 0.480. The second-order valence-corrected chi connectivity index (χ2v) is 18.4. The van der Waals surface area contributed by atoms with E-state index in [1.165, 1.54) is 59.1 Å². The molecule has 0 saturated carbocycles. The van der Waals surface area contributed by atoms with Gasteiger partial charge in [0.15, 0.2) is 0 Å². The first-order valence-corrected chi connectivity index (χ1v) is 22.6. The zero-order valence-electron chi connectivity index (χ0n) is 39.5. The molecule has 0 unspecified atom stereocenters.